The van der Waals surface area contributed by atoms with Gasteiger partial charge < -0.3 is 10.6 Å². The van der Waals surface area contributed by atoms with Crippen LogP contribution in [0.5, 0.6) is 0 Å². The molecular formula is C10H18N2O. The van der Waals surface area contributed by atoms with Gasteiger partial charge in [0, 0.05) is 12.6 Å². The lowest BCUT2D eigenvalue weighted by Gasteiger charge is -2.05. The van der Waals surface area contributed by atoms with E-state index >= 15 is 0 Å². The van der Waals surface area contributed by atoms with Crippen molar-refractivity contribution >= 4 is 6.03 Å². The molecule has 2 saturated carbocycles. The number of hydrogen-bond acceptors (Lipinski definition) is 1. The maximum absolute atomic E-state index is 11.1. The summed E-state index contributed by atoms with van der Waals surface area (Å²) < 4.78 is 0. The molecule has 2 rings (SSSR count). The molecule has 0 aliphatic heterocycles. The highest BCUT2D eigenvalue weighted by molar-refractivity contribution is 5.74. The third kappa shape index (κ3) is 3.66. The van der Waals surface area contributed by atoms with E-state index < -0.39 is 0 Å². The number of hydrogen-bond donors (Lipinski definition) is 2. The predicted octanol–water partition coefficient (Wildman–Crippen LogP) is 1.64. The van der Waals surface area contributed by atoms with Gasteiger partial charge in [0.1, 0.15) is 0 Å². The van der Waals surface area contributed by atoms with Gasteiger partial charge in [-0.25, -0.2) is 4.79 Å². The lowest BCUT2D eigenvalue weighted by molar-refractivity contribution is 0.240. The van der Waals surface area contributed by atoms with Gasteiger partial charge >= 0.3 is 6.03 Å². The van der Waals surface area contributed by atoms with E-state index in [1.165, 1.54) is 19.3 Å². The summed E-state index contributed by atoms with van der Waals surface area (Å²) in [4.78, 5) is 11.1. The minimum Gasteiger partial charge on any atom is -0.338 e. The summed E-state index contributed by atoms with van der Waals surface area (Å²) in [5.41, 5.74) is 0. The molecule has 0 atom stereocenters. The Labute approximate surface area is 79.3 Å². The van der Waals surface area contributed by atoms with Crippen molar-refractivity contribution in [2.45, 2.75) is 44.6 Å². The molecule has 0 saturated heterocycles. The summed E-state index contributed by atoms with van der Waals surface area (Å²) in [7, 11) is 0. The standard InChI is InChI=1S/C10H18N2O/c13-10(12-9-5-6-9)11-7-1-2-8-3-4-8/h8-9H,1-7H2,(H2,11,12,13). The first-order chi connectivity index (χ1) is 6.34. The molecule has 2 N–H and O–H groups in total. The molecule has 13 heavy (non-hydrogen) atoms. The Morgan fingerprint density at radius 3 is 2.62 bits per heavy atom. The molecule has 0 radical (unpaired) electrons. The molecule has 2 amide bonds. The largest absolute Gasteiger partial charge is 0.338 e. The summed E-state index contributed by atoms with van der Waals surface area (Å²) >= 11 is 0. The summed E-state index contributed by atoms with van der Waals surface area (Å²) in [5.74, 6) is 0.980. The smallest absolute Gasteiger partial charge is 0.315 e. The number of rotatable bonds is 5. The Hall–Kier alpha value is -0.730. The Bertz CT molecular complexity index is 185. The highest BCUT2D eigenvalue weighted by atomic mass is 16.2. The normalized spacial score (nSPS) is 21.2. The zero-order valence-corrected chi connectivity index (χ0v) is 8.01. The molecule has 0 heterocycles. The Morgan fingerprint density at radius 2 is 2.00 bits per heavy atom. The number of carbonyl (C=O) groups is 1. The Balaban J connectivity index is 1.43. The van der Waals surface area contributed by atoms with E-state index in [4.69, 9.17) is 0 Å². The van der Waals surface area contributed by atoms with Crippen LogP contribution in [-0.2, 0) is 0 Å². The van der Waals surface area contributed by atoms with Crippen molar-refractivity contribution in [2.75, 3.05) is 6.54 Å². The summed E-state index contributed by atoms with van der Waals surface area (Å²) in [6, 6.07) is 0.502. The van der Waals surface area contributed by atoms with Crippen molar-refractivity contribution in [3.05, 3.63) is 0 Å². The highest BCUT2D eigenvalue weighted by Gasteiger charge is 2.23. The number of nitrogens with one attached hydrogen (secondary N) is 2. The third-order valence-corrected chi connectivity index (χ3v) is 2.68. The second kappa shape index (κ2) is 3.99. The van der Waals surface area contributed by atoms with E-state index in [1.807, 2.05) is 0 Å². The van der Waals surface area contributed by atoms with Gasteiger partial charge in [0.15, 0.2) is 0 Å². The summed E-state index contributed by atoms with van der Waals surface area (Å²) in [6.07, 6.45) is 7.58. The van der Waals surface area contributed by atoms with Crippen LogP contribution in [0.3, 0.4) is 0 Å². The molecule has 2 fully saturated rings. The fourth-order valence-electron chi connectivity index (χ4n) is 1.46. The zero-order valence-electron chi connectivity index (χ0n) is 8.01. The maximum atomic E-state index is 11.1. The van der Waals surface area contributed by atoms with Gasteiger partial charge in [0.05, 0.1) is 0 Å². The van der Waals surface area contributed by atoms with Crippen LogP contribution in [-0.4, -0.2) is 18.6 Å². The second-order valence-electron chi connectivity index (χ2n) is 4.26. The molecule has 0 aromatic rings. The van der Waals surface area contributed by atoms with E-state index in [9.17, 15) is 4.79 Å². The van der Waals surface area contributed by atoms with Crippen LogP contribution in [0.25, 0.3) is 0 Å². The lowest BCUT2D eigenvalue weighted by Crippen LogP contribution is -2.37. The SMILES string of the molecule is O=C(NCCCC1CC1)NC1CC1. The third-order valence-electron chi connectivity index (χ3n) is 2.68. The topological polar surface area (TPSA) is 41.1 Å². The van der Waals surface area contributed by atoms with E-state index in [2.05, 4.69) is 10.6 Å². The minimum atomic E-state index is 0.0262. The van der Waals surface area contributed by atoms with E-state index in [0.29, 0.717) is 6.04 Å². The average molecular weight is 182 g/mol. The van der Waals surface area contributed by atoms with Crippen molar-refractivity contribution in [1.29, 1.82) is 0 Å². The molecule has 0 aromatic heterocycles. The van der Waals surface area contributed by atoms with E-state index in [1.54, 1.807) is 0 Å². The monoisotopic (exact) mass is 182 g/mol. The van der Waals surface area contributed by atoms with Crippen molar-refractivity contribution in [3.8, 4) is 0 Å². The molecule has 2 aliphatic carbocycles. The van der Waals surface area contributed by atoms with Crippen LogP contribution >= 0.6 is 0 Å². The van der Waals surface area contributed by atoms with Gasteiger partial charge in [-0.05, 0) is 31.6 Å². The van der Waals surface area contributed by atoms with Crippen molar-refractivity contribution in [1.82, 2.24) is 10.6 Å². The summed E-state index contributed by atoms with van der Waals surface area (Å²) in [6.45, 7) is 0.842. The molecule has 0 spiro atoms. The molecule has 0 aromatic carbocycles. The molecule has 2 aliphatic rings. The second-order valence-corrected chi connectivity index (χ2v) is 4.26. The minimum absolute atomic E-state index is 0.0262. The number of carbonyl (C=O) groups excluding carboxylic acids is 1. The predicted molar refractivity (Wildman–Crippen MR) is 51.5 cm³/mol. The van der Waals surface area contributed by atoms with E-state index in [-0.39, 0.29) is 6.03 Å². The Morgan fingerprint density at radius 1 is 1.23 bits per heavy atom. The Kier molecular flexibility index (Phi) is 2.71. The lowest BCUT2D eigenvalue weighted by atomic mass is 10.2. The molecule has 0 bridgehead atoms. The molecule has 0 unspecified atom stereocenters. The van der Waals surface area contributed by atoms with Crippen molar-refractivity contribution in [2.24, 2.45) is 5.92 Å². The van der Waals surface area contributed by atoms with Gasteiger partial charge in [-0.15, -0.1) is 0 Å². The molecule has 3 heteroatoms. The van der Waals surface area contributed by atoms with Gasteiger partial charge in [-0.3, -0.25) is 0 Å². The summed E-state index contributed by atoms with van der Waals surface area (Å²) in [5, 5.41) is 5.79. The van der Waals surface area contributed by atoms with Gasteiger partial charge in [0.2, 0.25) is 0 Å². The average Bonchev–Trinajstić information content (AvgIpc) is 2.92. The maximum Gasteiger partial charge on any atom is 0.315 e. The van der Waals surface area contributed by atoms with Crippen LogP contribution in [0.1, 0.15) is 38.5 Å². The fraction of sp³-hybridized carbons (Fsp3) is 0.900. The van der Waals surface area contributed by atoms with E-state index in [0.717, 1.165) is 31.7 Å². The quantitative estimate of drug-likeness (QED) is 0.623. The zero-order chi connectivity index (χ0) is 9.10. The van der Waals surface area contributed by atoms with Gasteiger partial charge in [0.25, 0.3) is 0 Å². The van der Waals surface area contributed by atoms with Gasteiger partial charge in [-0.2, -0.15) is 0 Å². The number of urea groups is 1. The van der Waals surface area contributed by atoms with Crippen molar-refractivity contribution in [3.63, 3.8) is 0 Å². The van der Waals surface area contributed by atoms with Crippen LogP contribution in [0, 0.1) is 5.92 Å². The van der Waals surface area contributed by atoms with Crippen LogP contribution in [0.2, 0.25) is 0 Å². The first kappa shape index (κ1) is 8.85. The first-order valence-corrected chi connectivity index (χ1v) is 5.39. The molecule has 3 nitrogen and oxygen atoms in total. The molecule has 74 valence electrons. The van der Waals surface area contributed by atoms with Crippen LogP contribution in [0.4, 0.5) is 4.79 Å². The van der Waals surface area contributed by atoms with Crippen LogP contribution in [0.15, 0.2) is 0 Å². The van der Waals surface area contributed by atoms with Crippen molar-refractivity contribution < 1.29 is 4.79 Å². The molecular weight excluding hydrogens is 164 g/mol. The fourth-order valence-corrected chi connectivity index (χ4v) is 1.46. The number of amides is 2. The van der Waals surface area contributed by atoms with Crippen LogP contribution < -0.4 is 10.6 Å². The highest BCUT2D eigenvalue weighted by Crippen LogP contribution is 2.33. The first-order valence-electron chi connectivity index (χ1n) is 5.39. The van der Waals surface area contributed by atoms with Gasteiger partial charge in [-0.1, -0.05) is 12.8 Å².